The maximum atomic E-state index is 13.0. The first-order valence-corrected chi connectivity index (χ1v) is 7.33. The lowest BCUT2D eigenvalue weighted by Crippen LogP contribution is -2.22. The first-order valence-electron chi connectivity index (χ1n) is 6.95. The maximum absolute atomic E-state index is 13.0. The summed E-state index contributed by atoms with van der Waals surface area (Å²) in [6, 6.07) is 12.5. The van der Waals surface area contributed by atoms with Gasteiger partial charge in [0.25, 0.3) is 0 Å². The van der Waals surface area contributed by atoms with E-state index >= 15 is 0 Å². The molecule has 2 nitrogen and oxygen atoms in total. The quantitative estimate of drug-likeness (QED) is 0.904. The van der Waals surface area contributed by atoms with Crippen LogP contribution in [-0.4, -0.2) is 13.1 Å². The molecular formula is C17H20ClFN2. The van der Waals surface area contributed by atoms with Crippen LogP contribution in [0, 0.1) is 5.82 Å². The second-order valence-electron chi connectivity index (χ2n) is 5.44. The number of halogens is 2. The van der Waals surface area contributed by atoms with E-state index < -0.39 is 0 Å². The van der Waals surface area contributed by atoms with Gasteiger partial charge in [-0.05, 0) is 54.8 Å². The second kappa shape index (κ2) is 6.92. The van der Waals surface area contributed by atoms with E-state index in [-0.39, 0.29) is 11.9 Å². The number of nitrogens with two attached hydrogens (primary N) is 1. The Morgan fingerprint density at radius 3 is 2.48 bits per heavy atom. The van der Waals surface area contributed by atoms with Gasteiger partial charge in [0.2, 0.25) is 0 Å². The number of benzene rings is 2. The van der Waals surface area contributed by atoms with Gasteiger partial charge >= 0.3 is 0 Å². The average molecular weight is 307 g/mol. The monoisotopic (exact) mass is 306 g/mol. The van der Waals surface area contributed by atoms with Gasteiger partial charge in [0.1, 0.15) is 5.82 Å². The zero-order chi connectivity index (χ0) is 15.4. The number of anilines is 1. The van der Waals surface area contributed by atoms with Crippen LogP contribution in [-0.2, 0) is 13.0 Å². The highest BCUT2D eigenvalue weighted by molar-refractivity contribution is 6.30. The molecule has 0 saturated heterocycles. The molecule has 0 spiro atoms. The second-order valence-corrected chi connectivity index (χ2v) is 5.87. The summed E-state index contributed by atoms with van der Waals surface area (Å²) in [5, 5.41) is 0.713. The Hall–Kier alpha value is -1.58. The molecule has 0 saturated carbocycles. The van der Waals surface area contributed by atoms with Crippen LogP contribution in [0.1, 0.15) is 18.1 Å². The summed E-state index contributed by atoms with van der Waals surface area (Å²) < 4.78 is 13.0. The minimum Gasteiger partial charge on any atom is -0.370 e. The fourth-order valence-electron chi connectivity index (χ4n) is 2.39. The van der Waals surface area contributed by atoms with Gasteiger partial charge in [0.15, 0.2) is 0 Å². The standard InChI is InChI=1S/C17H20ClFN2/c1-12(20)9-14-10-15(18)5-8-17(14)21(2)11-13-3-6-16(19)7-4-13/h3-8,10,12H,9,11,20H2,1-2H3. The summed E-state index contributed by atoms with van der Waals surface area (Å²) in [5.41, 5.74) is 9.19. The Balaban J connectivity index is 2.21. The van der Waals surface area contributed by atoms with Gasteiger partial charge in [-0.15, -0.1) is 0 Å². The van der Waals surface area contributed by atoms with Crippen molar-refractivity contribution in [1.29, 1.82) is 0 Å². The van der Waals surface area contributed by atoms with E-state index in [9.17, 15) is 4.39 Å². The molecule has 112 valence electrons. The summed E-state index contributed by atoms with van der Waals surface area (Å²) >= 11 is 6.08. The third-order valence-corrected chi connectivity index (χ3v) is 3.56. The molecule has 1 atom stereocenters. The molecule has 4 heteroatoms. The summed E-state index contributed by atoms with van der Waals surface area (Å²) in [5.74, 6) is -0.217. The van der Waals surface area contributed by atoms with E-state index in [2.05, 4.69) is 4.90 Å². The summed E-state index contributed by atoms with van der Waals surface area (Å²) in [4.78, 5) is 2.13. The van der Waals surface area contributed by atoms with Crippen LogP contribution in [0.4, 0.5) is 10.1 Å². The van der Waals surface area contributed by atoms with Crippen LogP contribution < -0.4 is 10.6 Å². The molecule has 0 bridgehead atoms. The molecule has 0 aliphatic rings. The Kier molecular flexibility index (Phi) is 5.21. The van der Waals surface area contributed by atoms with Gasteiger partial charge in [-0.1, -0.05) is 23.7 Å². The third kappa shape index (κ3) is 4.45. The molecule has 0 heterocycles. The number of hydrogen-bond acceptors (Lipinski definition) is 2. The lowest BCUT2D eigenvalue weighted by atomic mass is 10.0. The summed E-state index contributed by atoms with van der Waals surface area (Å²) in [6.07, 6.45) is 0.768. The van der Waals surface area contributed by atoms with Crippen LogP contribution >= 0.6 is 11.6 Å². The van der Waals surface area contributed by atoms with Crippen molar-refractivity contribution in [1.82, 2.24) is 0 Å². The van der Waals surface area contributed by atoms with Gasteiger partial charge in [0.05, 0.1) is 0 Å². The molecule has 0 aliphatic carbocycles. The molecule has 21 heavy (non-hydrogen) atoms. The molecule has 2 rings (SSSR count). The Labute approximate surface area is 130 Å². The fourth-order valence-corrected chi connectivity index (χ4v) is 2.58. The molecule has 2 aromatic rings. The van der Waals surface area contributed by atoms with Crippen LogP contribution in [0.25, 0.3) is 0 Å². The van der Waals surface area contributed by atoms with Crippen LogP contribution in [0.3, 0.4) is 0 Å². The number of nitrogens with zero attached hydrogens (tertiary/aromatic N) is 1. The van der Waals surface area contributed by atoms with Gasteiger partial charge in [-0.2, -0.15) is 0 Å². The highest BCUT2D eigenvalue weighted by Gasteiger charge is 2.10. The van der Waals surface area contributed by atoms with Crippen molar-refractivity contribution in [3.63, 3.8) is 0 Å². The molecule has 0 amide bonds. The molecule has 2 aromatic carbocycles. The van der Waals surface area contributed by atoms with Gasteiger partial charge in [0, 0.05) is 30.3 Å². The normalized spacial score (nSPS) is 12.2. The molecule has 2 N–H and O–H groups in total. The Morgan fingerprint density at radius 1 is 1.19 bits per heavy atom. The molecule has 0 radical (unpaired) electrons. The van der Waals surface area contributed by atoms with E-state index in [1.165, 1.54) is 12.1 Å². The Morgan fingerprint density at radius 2 is 1.86 bits per heavy atom. The first kappa shape index (κ1) is 15.8. The van der Waals surface area contributed by atoms with E-state index in [0.717, 1.165) is 23.2 Å². The molecule has 0 aliphatic heterocycles. The predicted octanol–water partition coefficient (Wildman–Crippen LogP) is 4.01. The van der Waals surface area contributed by atoms with Crippen LogP contribution in [0.2, 0.25) is 5.02 Å². The van der Waals surface area contributed by atoms with E-state index in [1.54, 1.807) is 12.1 Å². The van der Waals surface area contributed by atoms with Crippen molar-refractivity contribution >= 4 is 17.3 Å². The maximum Gasteiger partial charge on any atom is 0.123 e. The zero-order valence-corrected chi connectivity index (χ0v) is 13.1. The molecule has 1 unspecified atom stereocenters. The van der Waals surface area contributed by atoms with Crippen molar-refractivity contribution in [2.45, 2.75) is 25.9 Å². The summed E-state index contributed by atoms with van der Waals surface area (Å²) in [6.45, 7) is 2.68. The zero-order valence-electron chi connectivity index (χ0n) is 12.3. The third-order valence-electron chi connectivity index (χ3n) is 3.33. The molecule has 0 fully saturated rings. The Bertz CT molecular complexity index is 596. The minimum atomic E-state index is -0.217. The van der Waals surface area contributed by atoms with Crippen molar-refractivity contribution in [3.8, 4) is 0 Å². The number of hydrogen-bond donors (Lipinski definition) is 1. The average Bonchev–Trinajstić information content (AvgIpc) is 2.40. The fraction of sp³-hybridized carbons (Fsp3) is 0.294. The topological polar surface area (TPSA) is 29.3 Å². The molecular weight excluding hydrogens is 287 g/mol. The molecule has 0 aromatic heterocycles. The highest BCUT2D eigenvalue weighted by Crippen LogP contribution is 2.26. The largest absolute Gasteiger partial charge is 0.370 e. The lowest BCUT2D eigenvalue weighted by Gasteiger charge is -2.23. The van der Waals surface area contributed by atoms with Crippen molar-refractivity contribution < 1.29 is 4.39 Å². The van der Waals surface area contributed by atoms with Gasteiger partial charge < -0.3 is 10.6 Å². The SMILES string of the molecule is CC(N)Cc1cc(Cl)ccc1N(C)Cc1ccc(F)cc1. The predicted molar refractivity (Wildman–Crippen MR) is 87.3 cm³/mol. The van der Waals surface area contributed by atoms with Crippen molar-refractivity contribution in [2.24, 2.45) is 5.73 Å². The highest BCUT2D eigenvalue weighted by atomic mass is 35.5. The van der Waals surface area contributed by atoms with Gasteiger partial charge in [-0.3, -0.25) is 0 Å². The minimum absolute atomic E-state index is 0.0708. The van der Waals surface area contributed by atoms with Crippen molar-refractivity contribution in [2.75, 3.05) is 11.9 Å². The first-order chi connectivity index (χ1) is 9.95. The summed E-state index contributed by atoms with van der Waals surface area (Å²) in [7, 11) is 2.01. The van der Waals surface area contributed by atoms with E-state index in [4.69, 9.17) is 17.3 Å². The van der Waals surface area contributed by atoms with E-state index in [1.807, 2.05) is 32.2 Å². The van der Waals surface area contributed by atoms with Gasteiger partial charge in [-0.25, -0.2) is 4.39 Å². The number of rotatable bonds is 5. The lowest BCUT2D eigenvalue weighted by molar-refractivity contribution is 0.627. The van der Waals surface area contributed by atoms with E-state index in [0.29, 0.717) is 11.6 Å². The van der Waals surface area contributed by atoms with Crippen molar-refractivity contribution in [3.05, 3.63) is 64.4 Å². The van der Waals surface area contributed by atoms with Crippen LogP contribution in [0.15, 0.2) is 42.5 Å². The van der Waals surface area contributed by atoms with Crippen LogP contribution in [0.5, 0.6) is 0 Å². The smallest absolute Gasteiger partial charge is 0.123 e.